The van der Waals surface area contributed by atoms with Crippen molar-refractivity contribution in [2.24, 2.45) is 0 Å². The fourth-order valence-electron chi connectivity index (χ4n) is 2.44. The second kappa shape index (κ2) is 6.87. The number of pyridine rings is 1. The molecule has 3 aromatic rings. The highest BCUT2D eigenvalue weighted by atomic mass is 19.4. The van der Waals surface area contributed by atoms with E-state index >= 15 is 0 Å². The number of rotatable bonds is 4. The van der Waals surface area contributed by atoms with Crippen LogP contribution in [0, 0.1) is 0 Å². The van der Waals surface area contributed by atoms with E-state index in [4.69, 9.17) is 10.3 Å². The van der Waals surface area contributed by atoms with Gasteiger partial charge in [-0.3, -0.25) is 9.78 Å². The van der Waals surface area contributed by atoms with E-state index < -0.39 is 17.6 Å². The number of halogens is 3. The van der Waals surface area contributed by atoms with E-state index in [-0.39, 0.29) is 29.2 Å². The Hall–Kier alpha value is -3.36. The largest absolute Gasteiger partial charge is 0.416 e. The van der Waals surface area contributed by atoms with Gasteiger partial charge in [-0.15, -0.1) is 0 Å². The van der Waals surface area contributed by atoms with E-state index in [1.807, 2.05) is 0 Å². The van der Waals surface area contributed by atoms with Crippen LogP contribution >= 0.6 is 0 Å². The van der Waals surface area contributed by atoms with E-state index in [0.717, 1.165) is 6.07 Å². The zero-order chi connectivity index (χ0) is 18.7. The van der Waals surface area contributed by atoms with Gasteiger partial charge in [-0.1, -0.05) is 23.4 Å². The number of nitrogen functional groups attached to an aromatic ring is 1. The van der Waals surface area contributed by atoms with Gasteiger partial charge in [0.15, 0.2) is 0 Å². The molecule has 3 rings (SSSR count). The maximum atomic E-state index is 13.0. The summed E-state index contributed by atoms with van der Waals surface area (Å²) in [6, 6.07) is 8.29. The van der Waals surface area contributed by atoms with Gasteiger partial charge in [-0.25, -0.2) is 0 Å². The summed E-state index contributed by atoms with van der Waals surface area (Å²) in [5.74, 6) is -0.926. The summed E-state index contributed by atoms with van der Waals surface area (Å²) in [7, 11) is 0. The van der Waals surface area contributed by atoms with E-state index in [1.165, 1.54) is 24.4 Å². The average Bonchev–Trinajstić information content (AvgIpc) is 3.01. The molecule has 0 aliphatic heterocycles. The molecule has 0 spiro atoms. The first-order valence-corrected chi connectivity index (χ1v) is 7.46. The van der Waals surface area contributed by atoms with Crippen LogP contribution in [0.4, 0.5) is 19.1 Å². The Morgan fingerprint density at radius 3 is 2.65 bits per heavy atom. The highest BCUT2D eigenvalue weighted by Crippen LogP contribution is 2.32. The van der Waals surface area contributed by atoms with Gasteiger partial charge in [0.05, 0.1) is 5.56 Å². The van der Waals surface area contributed by atoms with Crippen molar-refractivity contribution < 1.29 is 22.5 Å². The minimum Gasteiger partial charge on any atom is -0.367 e. The molecule has 2 heterocycles. The molecule has 2 aromatic heterocycles. The van der Waals surface area contributed by atoms with Crippen LogP contribution in [-0.4, -0.2) is 16.0 Å². The molecule has 0 aliphatic rings. The highest BCUT2D eigenvalue weighted by molar-refractivity contribution is 6.03. The number of carbonyl (C=O) groups excluding carboxylic acids is 1. The number of anilines is 1. The van der Waals surface area contributed by atoms with Crippen molar-refractivity contribution in [1.29, 1.82) is 0 Å². The summed E-state index contributed by atoms with van der Waals surface area (Å²) in [5.41, 5.74) is 5.38. The molecule has 0 saturated heterocycles. The Labute approximate surface area is 145 Å². The van der Waals surface area contributed by atoms with Crippen molar-refractivity contribution in [3.8, 4) is 11.3 Å². The van der Waals surface area contributed by atoms with Gasteiger partial charge in [0.1, 0.15) is 11.3 Å². The number of alkyl halides is 3. The number of nitrogens with two attached hydrogens (primary N) is 1. The topological polar surface area (TPSA) is 94.0 Å². The van der Waals surface area contributed by atoms with Crippen LogP contribution in [-0.2, 0) is 12.7 Å². The third kappa shape index (κ3) is 3.51. The number of aromatic nitrogens is 2. The van der Waals surface area contributed by atoms with E-state index in [2.05, 4.69) is 15.5 Å². The van der Waals surface area contributed by atoms with Gasteiger partial charge in [0.2, 0.25) is 5.88 Å². The SMILES string of the molecule is Nc1onc(-c2cccnc2)c1C(=O)NCc1ccccc1C(F)(F)F. The monoisotopic (exact) mass is 362 g/mol. The van der Waals surface area contributed by atoms with E-state index in [9.17, 15) is 18.0 Å². The first-order chi connectivity index (χ1) is 12.4. The molecule has 0 radical (unpaired) electrons. The number of nitrogens with one attached hydrogen (secondary N) is 1. The molecular formula is C17H13F3N4O2. The summed E-state index contributed by atoms with van der Waals surface area (Å²) in [6.45, 7) is -0.328. The number of carbonyl (C=O) groups is 1. The van der Waals surface area contributed by atoms with Crippen molar-refractivity contribution >= 4 is 11.8 Å². The lowest BCUT2D eigenvalue weighted by molar-refractivity contribution is -0.138. The summed E-state index contributed by atoms with van der Waals surface area (Å²) in [5, 5.41) is 6.16. The van der Waals surface area contributed by atoms with Gasteiger partial charge in [0.25, 0.3) is 5.91 Å². The predicted octanol–water partition coefficient (Wildman–Crippen LogP) is 3.27. The minimum absolute atomic E-state index is 0.0533. The Morgan fingerprint density at radius 2 is 1.96 bits per heavy atom. The average molecular weight is 362 g/mol. The summed E-state index contributed by atoms with van der Waals surface area (Å²) < 4.78 is 44.0. The second-order valence-corrected chi connectivity index (χ2v) is 5.35. The Bertz CT molecular complexity index is 923. The van der Waals surface area contributed by atoms with Crippen molar-refractivity contribution in [1.82, 2.24) is 15.5 Å². The Balaban J connectivity index is 1.84. The zero-order valence-electron chi connectivity index (χ0n) is 13.2. The summed E-state index contributed by atoms with van der Waals surface area (Å²) in [4.78, 5) is 16.4. The molecule has 0 saturated carbocycles. The van der Waals surface area contributed by atoms with Crippen molar-refractivity contribution in [3.63, 3.8) is 0 Å². The molecule has 26 heavy (non-hydrogen) atoms. The smallest absolute Gasteiger partial charge is 0.367 e. The molecule has 0 bridgehead atoms. The Morgan fingerprint density at radius 1 is 1.19 bits per heavy atom. The highest BCUT2D eigenvalue weighted by Gasteiger charge is 2.33. The van der Waals surface area contributed by atoms with E-state index in [1.54, 1.807) is 18.3 Å². The number of amides is 1. The standard InChI is InChI=1S/C17H13F3N4O2/c18-17(19,20)12-6-2-1-4-10(12)9-23-16(25)13-14(24-26-15(13)21)11-5-3-7-22-8-11/h1-8H,9,21H2,(H,23,25). The third-order valence-electron chi connectivity index (χ3n) is 3.64. The molecule has 134 valence electrons. The van der Waals surface area contributed by atoms with Gasteiger partial charge in [0, 0.05) is 24.5 Å². The van der Waals surface area contributed by atoms with Gasteiger partial charge in [-0.05, 0) is 23.8 Å². The van der Waals surface area contributed by atoms with Crippen molar-refractivity contribution in [2.45, 2.75) is 12.7 Å². The number of benzene rings is 1. The van der Waals surface area contributed by atoms with Gasteiger partial charge >= 0.3 is 6.18 Å². The molecule has 0 aliphatic carbocycles. The normalized spacial score (nSPS) is 11.3. The van der Waals surface area contributed by atoms with Crippen molar-refractivity contribution in [2.75, 3.05) is 5.73 Å². The van der Waals surface area contributed by atoms with Crippen LogP contribution in [0.3, 0.4) is 0 Å². The fourth-order valence-corrected chi connectivity index (χ4v) is 2.44. The molecule has 6 nitrogen and oxygen atoms in total. The maximum Gasteiger partial charge on any atom is 0.416 e. The zero-order valence-corrected chi connectivity index (χ0v) is 13.2. The third-order valence-corrected chi connectivity index (χ3v) is 3.64. The molecular weight excluding hydrogens is 349 g/mol. The fraction of sp³-hybridized carbons (Fsp3) is 0.118. The van der Waals surface area contributed by atoms with Crippen LogP contribution in [0.5, 0.6) is 0 Å². The van der Waals surface area contributed by atoms with Gasteiger partial charge in [-0.2, -0.15) is 13.2 Å². The van der Waals surface area contributed by atoms with Crippen LogP contribution in [0.1, 0.15) is 21.5 Å². The van der Waals surface area contributed by atoms with Crippen LogP contribution in [0.15, 0.2) is 53.3 Å². The molecule has 1 aromatic carbocycles. The lowest BCUT2D eigenvalue weighted by Crippen LogP contribution is -2.25. The lowest BCUT2D eigenvalue weighted by Gasteiger charge is -2.13. The van der Waals surface area contributed by atoms with Crippen LogP contribution < -0.4 is 11.1 Å². The molecule has 1 amide bonds. The maximum absolute atomic E-state index is 13.0. The number of nitrogens with zero attached hydrogens (tertiary/aromatic N) is 2. The van der Waals surface area contributed by atoms with E-state index in [0.29, 0.717) is 5.56 Å². The summed E-state index contributed by atoms with van der Waals surface area (Å²) >= 11 is 0. The van der Waals surface area contributed by atoms with Crippen molar-refractivity contribution in [3.05, 3.63) is 65.5 Å². The Kier molecular flexibility index (Phi) is 4.61. The molecule has 0 fully saturated rings. The second-order valence-electron chi connectivity index (χ2n) is 5.35. The molecule has 0 atom stereocenters. The van der Waals surface area contributed by atoms with Gasteiger partial charge < -0.3 is 15.6 Å². The quantitative estimate of drug-likeness (QED) is 0.743. The van der Waals surface area contributed by atoms with Crippen LogP contribution in [0.2, 0.25) is 0 Å². The predicted molar refractivity (Wildman–Crippen MR) is 86.8 cm³/mol. The molecule has 3 N–H and O–H groups in total. The molecule has 9 heteroatoms. The summed E-state index contributed by atoms with van der Waals surface area (Å²) in [6.07, 6.45) is -1.51. The molecule has 0 unspecified atom stereocenters. The minimum atomic E-state index is -4.52. The number of hydrogen-bond acceptors (Lipinski definition) is 5. The first-order valence-electron chi connectivity index (χ1n) is 7.46. The van der Waals surface area contributed by atoms with Crippen LogP contribution in [0.25, 0.3) is 11.3 Å². The lowest BCUT2D eigenvalue weighted by atomic mass is 10.1. The number of hydrogen-bond donors (Lipinski definition) is 2. The first kappa shape index (κ1) is 17.5.